The van der Waals surface area contributed by atoms with E-state index in [1.54, 1.807) is 0 Å². The van der Waals surface area contributed by atoms with Crippen molar-refractivity contribution in [2.75, 3.05) is 19.6 Å². The lowest BCUT2D eigenvalue weighted by molar-refractivity contribution is -0.121. The molecule has 1 aliphatic rings. The minimum atomic E-state index is -0.284. The summed E-state index contributed by atoms with van der Waals surface area (Å²) >= 11 is 0. The van der Waals surface area contributed by atoms with E-state index in [4.69, 9.17) is 10.5 Å². The summed E-state index contributed by atoms with van der Waals surface area (Å²) in [5.74, 6) is 0.676. The number of amides is 1. The molecule has 0 aromatic heterocycles. The Morgan fingerprint density at radius 2 is 2.11 bits per heavy atom. The maximum atomic E-state index is 11.2. The van der Waals surface area contributed by atoms with Gasteiger partial charge in [0.15, 0.2) is 0 Å². The number of para-hydroxylation sites is 1. The molecule has 19 heavy (non-hydrogen) atoms. The van der Waals surface area contributed by atoms with E-state index in [2.05, 4.69) is 18.7 Å². The first-order chi connectivity index (χ1) is 8.96. The fourth-order valence-corrected chi connectivity index (χ4v) is 2.59. The first-order valence-corrected chi connectivity index (χ1v) is 6.72. The Bertz CT molecular complexity index is 431. The number of carbonyl (C=O) groups excluding carboxylic acids is 1. The monoisotopic (exact) mass is 262 g/mol. The van der Waals surface area contributed by atoms with Crippen molar-refractivity contribution in [2.45, 2.75) is 25.9 Å². The molecule has 4 nitrogen and oxygen atoms in total. The van der Waals surface area contributed by atoms with Crippen LogP contribution in [0.25, 0.3) is 0 Å². The van der Waals surface area contributed by atoms with E-state index in [1.165, 1.54) is 0 Å². The van der Waals surface area contributed by atoms with E-state index in [9.17, 15) is 4.79 Å². The Labute approximate surface area is 114 Å². The molecule has 104 valence electrons. The molecule has 1 saturated heterocycles. The highest BCUT2D eigenvalue weighted by atomic mass is 16.5. The van der Waals surface area contributed by atoms with Crippen molar-refractivity contribution in [3.05, 3.63) is 30.3 Å². The smallest absolute Gasteiger partial charge is 0.221 e. The zero-order chi connectivity index (χ0) is 13.9. The van der Waals surface area contributed by atoms with E-state index >= 15 is 0 Å². The van der Waals surface area contributed by atoms with Gasteiger partial charge >= 0.3 is 0 Å². The van der Waals surface area contributed by atoms with Gasteiger partial charge in [-0.2, -0.15) is 0 Å². The summed E-state index contributed by atoms with van der Waals surface area (Å²) in [6, 6.07) is 9.81. The number of nitrogens with zero attached hydrogens (tertiary/aromatic N) is 1. The highest BCUT2D eigenvalue weighted by molar-refractivity contribution is 5.77. The number of likely N-dealkylation sites (tertiary alicyclic amines) is 1. The molecule has 1 aliphatic heterocycles. The van der Waals surface area contributed by atoms with Gasteiger partial charge in [-0.1, -0.05) is 18.2 Å². The third-order valence-corrected chi connectivity index (χ3v) is 3.42. The minimum Gasteiger partial charge on any atom is -0.487 e. The first-order valence-electron chi connectivity index (χ1n) is 6.72. The second-order valence-corrected chi connectivity index (χ2v) is 5.80. The van der Waals surface area contributed by atoms with Crippen molar-refractivity contribution in [1.29, 1.82) is 0 Å². The zero-order valence-electron chi connectivity index (χ0n) is 11.6. The van der Waals surface area contributed by atoms with Gasteiger partial charge in [0.25, 0.3) is 0 Å². The number of rotatable bonds is 5. The average Bonchev–Trinajstić information content (AvgIpc) is 2.77. The first kappa shape index (κ1) is 13.9. The lowest BCUT2D eigenvalue weighted by atomic mass is 10.1. The Hall–Kier alpha value is -1.55. The molecule has 2 N–H and O–H groups in total. The molecule has 2 rings (SSSR count). The van der Waals surface area contributed by atoms with Gasteiger partial charge in [-0.3, -0.25) is 9.69 Å². The molecule has 4 heteroatoms. The Morgan fingerprint density at radius 3 is 2.68 bits per heavy atom. The predicted octanol–water partition coefficient (Wildman–Crippen LogP) is 1.65. The van der Waals surface area contributed by atoms with Crippen molar-refractivity contribution < 1.29 is 9.53 Å². The number of benzene rings is 1. The molecule has 1 aromatic rings. The van der Waals surface area contributed by atoms with Crippen molar-refractivity contribution in [1.82, 2.24) is 4.90 Å². The van der Waals surface area contributed by atoms with Crippen LogP contribution in [0.3, 0.4) is 0 Å². The second-order valence-electron chi connectivity index (χ2n) is 5.80. The number of nitrogens with two attached hydrogens (primary N) is 1. The lowest BCUT2D eigenvalue weighted by Crippen LogP contribution is -2.42. The highest BCUT2D eigenvalue weighted by Crippen LogP contribution is 2.22. The molecule has 0 bridgehead atoms. The van der Waals surface area contributed by atoms with Crippen LogP contribution < -0.4 is 10.5 Å². The largest absolute Gasteiger partial charge is 0.487 e. The van der Waals surface area contributed by atoms with Crippen LogP contribution in [0.15, 0.2) is 30.3 Å². The molecule has 0 aliphatic carbocycles. The summed E-state index contributed by atoms with van der Waals surface area (Å²) < 4.78 is 6.00. The fourth-order valence-electron chi connectivity index (χ4n) is 2.59. The van der Waals surface area contributed by atoms with Gasteiger partial charge in [0, 0.05) is 13.1 Å². The number of hydrogen-bond acceptors (Lipinski definition) is 3. The van der Waals surface area contributed by atoms with Crippen LogP contribution in [0.1, 0.15) is 20.3 Å². The van der Waals surface area contributed by atoms with Gasteiger partial charge < -0.3 is 10.5 Å². The molecule has 1 fully saturated rings. The molecule has 1 unspecified atom stereocenters. The van der Waals surface area contributed by atoms with E-state index in [-0.39, 0.29) is 17.4 Å². The molecular formula is C15H22N2O2. The van der Waals surface area contributed by atoms with Crippen LogP contribution in [0.2, 0.25) is 0 Å². The van der Waals surface area contributed by atoms with E-state index < -0.39 is 0 Å². The molecule has 0 saturated carbocycles. The van der Waals surface area contributed by atoms with Crippen molar-refractivity contribution in [2.24, 2.45) is 11.7 Å². The third-order valence-electron chi connectivity index (χ3n) is 3.42. The number of hydrogen-bond donors (Lipinski definition) is 1. The Kier molecular flexibility index (Phi) is 4.10. The van der Waals surface area contributed by atoms with Gasteiger partial charge in [-0.15, -0.1) is 0 Å². The highest BCUT2D eigenvalue weighted by Gasteiger charge is 2.31. The Morgan fingerprint density at radius 1 is 1.42 bits per heavy atom. The predicted molar refractivity (Wildman–Crippen MR) is 74.9 cm³/mol. The molecule has 1 heterocycles. The second kappa shape index (κ2) is 5.61. The molecule has 1 amide bonds. The molecule has 0 spiro atoms. The van der Waals surface area contributed by atoms with Crippen LogP contribution in [0.4, 0.5) is 0 Å². The zero-order valence-corrected chi connectivity index (χ0v) is 11.6. The van der Waals surface area contributed by atoms with E-state index in [0.717, 1.165) is 31.8 Å². The summed E-state index contributed by atoms with van der Waals surface area (Å²) in [5.41, 5.74) is 5.07. The van der Waals surface area contributed by atoms with Crippen LogP contribution in [0, 0.1) is 5.92 Å². The van der Waals surface area contributed by atoms with Gasteiger partial charge in [0.1, 0.15) is 11.4 Å². The Balaban J connectivity index is 1.89. The summed E-state index contributed by atoms with van der Waals surface area (Å²) in [7, 11) is 0. The summed E-state index contributed by atoms with van der Waals surface area (Å²) in [4.78, 5) is 13.4. The van der Waals surface area contributed by atoms with Gasteiger partial charge in [0.2, 0.25) is 5.91 Å². The van der Waals surface area contributed by atoms with Crippen LogP contribution in [-0.2, 0) is 4.79 Å². The normalized spacial score (nSPS) is 20.4. The molecule has 1 aromatic carbocycles. The SMILES string of the molecule is CC(C)(CN1CCC(C(N)=O)C1)Oc1ccccc1. The average molecular weight is 262 g/mol. The molecular weight excluding hydrogens is 240 g/mol. The van der Waals surface area contributed by atoms with Gasteiger partial charge in [-0.05, 0) is 38.9 Å². The topological polar surface area (TPSA) is 55.6 Å². The number of primary amides is 1. The molecule has 1 atom stereocenters. The lowest BCUT2D eigenvalue weighted by Gasteiger charge is -2.31. The van der Waals surface area contributed by atoms with Gasteiger partial charge in [-0.25, -0.2) is 0 Å². The summed E-state index contributed by atoms with van der Waals surface area (Å²) in [6.07, 6.45) is 0.858. The van der Waals surface area contributed by atoms with Crippen LogP contribution >= 0.6 is 0 Å². The van der Waals surface area contributed by atoms with Crippen molar-refractivity contribution in [3.8, 4) is 5.75 Å². The summed E-state index contributed by atoms with van der Waals surface area (Å²) in [5, 5.41) is 0. The van der Waals surface area contributed by atoms with Crippen molar-refractivity contribution in [3.63, 3.8) is 0 Å². The quantitative estimate of drug-likeness (QED) is 0.878. The minimum absolute atomic E-state index is 0.00692. The van der Waals surface area contributed by atoms with Crippen molar-refractivity contribution >= 4 is 5.91 Å². The van der Waals surface area contributed by atoms with E-state index in [1.807, 2.05) is 30.3 Å². The van der Waals surface area contributed by atoms with Gasteiger partial charge in [0.05, 0.1) is 5.92 Å². The summed E-state index contributed by atoms with van der Waals surface area (Å²) in [6.45, 7) is 6.59. The van der Waals surface area contributed by atoms with E-state index in [0.29, 0.717) is 0 Å². The molecule has 0 radical (unpaired) electrons. The third kappa shape index (κ3) is 3.96. The maximum absolute atomic E-state index is 11.2. The number of ether oxygens (including phenoxy) is 1. The maximum Gasteiger partial charge on any atom is 0.221 e. The standard InChI is InChI=1S/C15H22N2O2/c1-15(2,19-13-6-4-3-5-7-13)11-17-9-8-12(10-17)14(16)18/h3-7,12H,8-11H2,1-2H3,(H2,16,18). The van der Waals surface area contributed by atoms with Crippen LogP contribution in [0.5, 0.6) is 5.75 Å². The number of carbonyl (C=O) groups is 1. The van der Waals surface area contributed by atoms with Crippen LogP contribution in [-0.4, -0.2) is 36.0 Å². The fraction of sp³-hybridized carbons (Fsp3) is 0.533.